The molecular formula is C17H22BrNO2. The summed E-state index contributed by atoms with van der Waals surface area (Å²) in [6.07, 6.45) is 9.46. The minimum atomic E-state index is -0.863. The number of nitrogens with zero attached hydrogens (tertiary/aromatic N) is 1. The topological polar surface area (TPSA) is 40.5 Å². The summed E-state index contributed by atoms with van der Waals surface area (Å²) in [6, 6.07) is 5.50. The molecule has 1 aromatic rings. The van der Waals surface area contributed by atoms with Gasteiger partial charge in [0.15, 0.2) is 0 Å². The molecule has 3 nitrogen and oxygen atoms in total. The Balaban J connectivity index is 1.73. The van der Waals surface area contributed by atoms with E-state index in [2.05, 4.69) is 20.8 Å². The summed E-state index contributed by atoms with van der Waals surface area (Å²) >= 11 is 3.43. The van der Waals surface area contributed by atoms with Gasteiger partial charge in [-0.3, -0.25) is 0 Å². The van der Waals surface area contributed by atoms with E-state index in [1.165, 1.54) is 44.9 Å². The molecule has 1 aromatic carbocycles. The number of carboxylic acids is 1. The van der Waals surface area contributed by atoms with Crippen molar-refractivity contribution in [3.05, 3.63) is 28.2 Å². The fraction of sp³-hybridized carbons (Fsp3) is 0.588. The standard InChI is InChI=1S/C17H22BrNO2/c18-14-10-13(16(20)21)11-15(12-14)19-8-6-17(7-9-19)4-2-1-3-5-17/h10-12H,1-9H2,(H,20,21). The molecule has 0 unspecified atom stereocenters. The smallest absolute Gasteiger partial charge is 0.335 e. The van der Waals surface area contributed by atoms with Gasteiger partial charge >= 0.3 is 5.97 Å². The maximum atomic E-state index is 11.2. The second-order valence-corrected chi connectivity index (χ2v) is 7.47. The fourth-order valence-corrected chi connectivity index (χ4v) is 4.40. The summed E-state index contributed by atoms with van der Waals surface area (Å²) in [5.41, 5.74) is 1.97. The molecule has 0 bridgehead atoms. The van der Waals surface area contributed by atoms with Gasteiger partial charge in [0.1, 0.15) is 0 Å². The van der Waals surface area contributed by atoms with Crippen LogP contribution >= 0.6 is 15.9 Å². The van der Waals surface area contributed by atoms with E-state index in [-0.39, 0.29) is 0 Å². The largest absolute Gasteiger partial charge is 0.478 e. The van der Waals surface area contributed by atoms with Crippen molar-refractivity contribution in [1.29, 1.82) is 0 Å². The van der Waals surface area contributed by atoms with Crippen LogP contribution in [-0.4, -0.2) is 24.2 Å². The lowest BCUT2D eigenvalue weighted by atomic mass is 9.68. The fourth-order valence-electron chi connectivity index (χ4n) is 3.92. The summed E-state index contributed by atoms with van der Waals surface area (Å²) in [6.45, 7) is 2.10. The maximum absolute atomic E-state index is 11.2. The van der Waals surface area contributed by atoms with Crippen LogP contribution in [0.2, 0.25) is 0 Å². The van der Waals surface area contributed by atoms with Crippen LogP contribution < -0.4 is 4.90 Å². The number of benzene rings is 1. The highest BCUT2D eigenvalue weighted by atomic mass is 79.9. The van der Waals surface area contributed by atoms with Crippen molar-refractivity contribution in [3.63, 3.8) is 0 Å². The average Bonchev–Trinajstić information content (AvgIpc) is 2.48. The van der Waals surface area contributed by atoms with E-state index in [1.807, 2.05) is 6.07 Å². The van der Waals surface area contributed by atoms with Crippen molar-refractivity contribution in [2.75, 3.05) is 18.0 Å². The number of carbonyl (C=O) groups is 1. The van der Waals surface area contributed by atoms with Crippen LogP contribution in [-0.2, 0) is 0 Å². The minimum Gasteiger partial charge on any atom is -0.478 e. The molecule has 0 aromatic heterocycles. The summed E-state index contributed by atoms with van der Waals surface area (Å²) in [4.78, 5) is 13.5. The van der Waals surface area contributed by atoms with Crippen molar-refractivity contribution < 1.29 is 9.90 Å². The second-order valence-electron chi connectivity index (χ2n) is 6.55. The molecule has 1 N–H and O–H groups in total. The first-order chi connectivity index (χ1) is 10.1. The Morgan fingerprint density at radius 3 is 2.33 bits per heavy atom. The predicted octanol–water partition coefficient (Wildman–Crippen LogP) is 4.70. The van der Waals surface area contributed by atoms with Crippen LogP contribution in [0, 0.1) is 5.41 Å². The Bertz CT molecular complexity index is 528. The first kappa shape index (κ1) is 14.9. The van der Waals surface area contributed by atoms with Crippen LogP contribution in [0.25, 0.3) is 0 Å². The van der Waals surface area contributed by atoms with Gasteiger partial charge in [-0.05, 0) is 49.3 Å². The highest BCUT2D eigenvalue weighted by Gasteiger charge is 2.35. The Morgan fingerprint density at radius 2 is 1.71 bits per heavy atom. The van der Waals surface area contributed by atoms with Gasteiger partial charge in [0, 0.05) is 23.2 Å². The minimum absolute atomic E-state index is 0.359. The second kappa shape index (κ2) is 5.99. The zero-order chi connectivity index (χ0) is 14.9. The predicted molar refractivity (Wildman–Crippen MR) is 88.1 cm³/mol. The molecule has 1 spiro atoms. The van der Waals surface area contributed by atoms with Crippen molar-refractivity contribution in [3.8, 4) is 0 Å². The van der Waals surface area contributed by atoms with Crippen molar-refractivity contribution >= 4 is 27.6 Å². The van der Waals surface area contributed by atoms with Gasteiger partial charge in [-0.25, -0.2) is 4.79 Å². The summed E-state index contributed by atoms with van der Waals surface area (Å²) in [7, 11) is 0. The van der Waals surface area contributed by atoms with E-state index < -0.39 is 5.97 Å². The van der Waals surface area contributed by atoms with Gasteiger partial charge in [0.25, 0.3) is 0 Å². The van der Waals surface area contributed by atoms with Gasteiger partial charge in [0.2, 0.25) is 0 Å². The Kier molecular flexibility index (Phi) is 4.25. The van der Waals surface area contributed by atoms with Crippen molar-refractivity contribution in [2.45, 2.75) is 44.9 Å². The third-order valence-corrected chi connectivity index (χ3v) is 5.69. The van der Waals surface area contributed by atoms with Crippen LogP contribution in [0.1, 0.15) is 55.3 Å². The first-order valence-electron chi connectivity index (χ1n) is 7.87. The Morgan fingerprint density at radius 1 is 1.05 bits per heavy atom. The Labute approximate surface area is 134 Å². The zero-order valence-corrected chi connectivity index (χ0v) is 13.9. The highest BCUT2D eigenvalue weighted by molar-refractivity contribution is 9.10. The number of aromatic carboxylic acids is 1. The highest BCUT2D eigenvalue weighted by Crippen LogP contribution is 2.45. The lowest BCUT2D eigenvalue weighted by Crippen LogP contribution is -2.41. The first-order valence-corrected chi connectivity index (χ1v) is 8.66. The summed E-state index contributed by atoms with van der Waals surface area (Å²) in [5.74, 6) is -0.863. The Hall–Kier alpha value is -1.03. The molecular weight excluding hydrogens is 330 g/mol. The molecule has 114 valence electrons. The monoisotopic (exact) mass is 351 g/mol. The molecule has 21 heavy (non-hydrogen) atoms. The SMILES string of the molecule is O=C(O)c1cc(Br)cc(N2CCC3(CCCCC3)CC2)c1. The number of hydrogen-bond acceptors (Lipinski definition) is 2. The lowest BCUT2D eigenvalue weighted by Gasteiger charge is -2.45. The van der Waals surface area contributed by atoms with Gasteiger partial charge in [0.05, 0.1) is 5.56 Å². The molecule has 0 amide bonds. The van der Waals surface area contributed by atoms with E-state index in [0.717, 1.165) is 23.2 Å². The van der Waals surface area contributed by atoms with Gasteiger partial charge in [-0.15, -0.1) is 0 Å². The van der Waals surface area contributed by atoms with Crippen LogP contribution in [0.15, 0.2) is 22.7 Å². The molecule has 1 saturated carbocycles. The number of carboxylic acid groups (broad SMARTS) is 1. The molecule has 2 fully saturated rings. The summed E-state index contributed by atoms with van der Waals surface area (Å²) in [5, 5.41) is 9.19. The number of rotatable bonds is 2. The maximum Gasteiger partial charge on any atom is 0.335 e. The number of anilines is 1. The molecule has 4 heteroatoms. The van der Waals surface area contributed by atoms with E-state index in [0.29, 0.717) is 11.0 Å². The zero-order valence-electron chi connectivity index (χ0n) is 12.3. The van der Waals surface area contributed by atoms with Gasteiger partial charge in [-0.2, -0.15) is 0 Å². The molecule has 0 atom stereocenters. The quantitative estimate of drug-likeness (QED) is 0.839. The normalized spacial score (nSPS) is 21.5. The molecule has 3 rings (SSSR count). The third kappa shape index (κ3) is 3.25. The molecule has 1 aliphatic heterocycles. The number of piperidine rings is 1. The van der Waals surface area contributed by atoms with Crippen LogP contribution in [0.4, 0.5) is 5.69 Å². The van der Waals surface area contributed by atoms with Gasteiger partial charge < -0.3 is 10.0 Å². The van der Waals surface area contributed by atoms with Crippen molar-refractivity contribution in [2.24, 2.45) is 5.41 Å². The average molecular weight is 352 g/mol. The van der Waals surface area contributed by atoms with Crippen molar-refractivity contribution in [1.82, 2.24) is 0 Å². The van der Waals surface area contributed by atoms with E-state index >= 15 is 0 Å². The molecule has 1 heterocycles. The van der Waals surface area contributed by atoms with E-state index in [1.54, 1.807) is 12.1 Å². The van der Waals surface area contributed by atoms with Crippen LogP contribution in [0.3, 0.4) is 0 Å². The molecule has 1 saturated heterocycles. The number of hydrogen-bond donors (Lipinski definition) is 1. The molecule has 0 radical (unpaired) electrons. The van der Waals surface area contributed by atoms with E-state index in [9.17, 15) is 9.90 Å². The number of halogens is 1. The van der Waals surface area contributed by atoms with Gasteiger partial charge in [-0.1, -0.05) is 35.2 Å². The molecule has 2 aliphatic rings. The third-order valence-electron chi connectivity index (χ3n) is 5.23. The lowest BCUT2D eigenvalue weighted by molar-refractivity contribution is 0.0696. The summed E-state index contributed by atoms with van der Waals surface area (Å²) < 4.78 is 0.843. The van der Waals surface area contributed by atoms with E-state index in [4.69, 9.17) is 0 Å². The molecule has 1 aliphatic carbocycles. The van der Waals surface area contributed by atoms with Crippen LogP contribution in [0.5, 0.6) is 0 Å².